The van der Waals surface area contributed by atoms with Crippen LogP contribution in [-0.2, 0) is 0 Å². The first-order valence-corrected chi connectivity index (χ1v) is 19.0. The van der Waals surface area contributed by atoms with Gasteiger partial charge >= 0.3 is 0 Å². The molecule has 3 aliphatic rings. The van der Waals surface area contributed by atoms with Crippen molar-refractivity contribution in [3.05, 3.63) is 172 Å². The highest BCUT2D eigenvalue weighted by molar-refractivity contribution is 6.24. The average molecular weight is 719 g/mol. The highest BCUT2D eigenvalue weighted by atomic mass is 16.3. The second-order valence-electron chi connectivity index (χ2n) is 14.9. The molecule has 0 radical (unpaired) electrons. The molecule has 6 heteroatoms. The number of anilines is 1. The Bertz CT molecular complexity index is 3470. The lowest BCUT2D eigenvalue weighted by Gasteiger charge is -2.39. The Morgan fingerprint density at radius 3 is 2.27 bits per heavy atom. The van der Waals surface area contributed by atoms with Crippen molar-refractivity contribution >= 4 is 78.1 Å². The van der Waals surface area contributed by atoms with Crippen LogP contribution in [0.3, 0.4) is 0 Å². The van der Waals surface area contributed by atoms with Gasteiger partial charge in [-0.3, -0.25) is 0 Å². The summed E-state index contributed by atoms with van der Waals surface area (Å²) >= 11 is 0. The van der Waals surface area contributed by atoms with Crippen LogP contribution in [0, 0.1) is 22.7 Å². The molecule has 9 aromatic rings. The minimum Gasteiger partial charge on any atom is -0.456 e. The zero-order chi connectivity index (χ0) is 37.1. The predicted molar refractivity (Wildman–Crippen MR) is 223 cm³/mol. The third-order valence-electron chi connectivity index (χ3n) is 12.2. The highest BCUT2D eigenvalue weighted by Gasteiger charge is 2.43. The molecule has 0 saturated carbocycles. The minimum atomic E-state index is -0.149. The van der Waals surface area contributed by atoms with E-state index in [0.29, 0.717) is 11.1 Å². The summed E-state index contributed by atoms with van der Waals surface area (Å²) in [6, 6.07) is 48.6. The lowest BCUT2D eigenvalue weighted by atomic mass is 9.85. The number of aromatic nitrogens is 1. The number of rotatable bonds is 3. The van der Waals surface area contributed by atoms with Crippen LogP contribution in [0.25, 0.3) is 78.1 Å². The van der Waals surface area contributed by atoms with Crippen LogP contribution in [0.2, 0.25) is 0 Å². The van der Waals surface area contributed by atoms with Crippen LogP contribution >= 0.6 is 0 Å². The Kier molecular flexibility index (Phi) is 6.33. The predicted octanol–water partition coefficient (Wildman–Crippen LogP) is 10.2. The van der Waals surface area contributed by atoms with Crippen molar-refractivity contribution in [2.24, 2.45) is 0 Å². The summed E-state index contributed by atoms with van der Waals surface area (Å²) in [5, 5.41) is 27.8. The van der Waals surface area contributed by atoms with E-state index in [1.807, 2.05) is 60.7 Å². The van der Waals surface area contributed by atoms with Gasteiger partial charge in [-0.1, -0.05) is 84.9 Å². The number of hydrogen-bond acceptors (Lipinski definition) is 5. The van der Waals surface area contributed by atoms with Crippen LogP contribution in [0.4, 0.5) is 5.69 Å². The van der Waals surface area contributed by atoms with Crippen molar-refractivity contribution < 1.29 is 8.83 Å². The second-order valence-corrected chi connectivity index (χ2v) is 14.9. The molecule has 0 N–H and O–H groups in total. The van der Waals surface area contributed by atoms with Gasteiger partial charge < -0.3 is 18.3 Å². The van der Waals surface area contributed by atoms with Gasteiger partial charge in [0.25, 0.3) is 0 Å². The number of para-hydroxylation sites is 4. The number of nitriles is 2. The standard InChI is InChI=1S/C50H30N4O2/c51-27-30-21-20-29(24-43(30)53-40-16-6-2-14-36(40)49-42(53)23-22-35-33-12-3-8-19-46(33)56-50(35)49)48-31(28-52)10-9-17-41(48)54-39-15-5-1-11-32(39)37-26-47-38(25-44(37)54)34-13-4-7-18-45(34)55-47/h1-16,18-26,37,41,44H,17H2. The summed E-state index contributed by atoms with van der Waals surface area (Å²) in [4.78, 5) is 2.52. The Balaban J connectivity index is 1.08. The molecule has 262 valence electrons. The topological polar surface area (TPSA) is 82.0 Å². The van der Waals surface area contributed by atoms with Crippen LogP contribution in [-0.4, -0.2) is 16.7 Å². The van der Waals surface area contributed by atoms with Crippen LogP contribution < -0.4 is 15.5 Å². The lowest BCUT2D eigenvalue weighted by Crippen LogP contribution is -2.45. The molecule has 0 amide bonds. The second kappa shape index (κ2) is 11.5. The maximum Gasteiger partial charge on any atom is 0.145 e. The Labute approximate surface area is 320 Å². The van der Waals surface area contributed by atoms with Gasteiger partial charge in [-0.25, -0.2) is 0 Å². The van der Waals surface area contributed by atoms with Gasteiger partial charge in [-0.2, -0.15) is 10.5 Å². The van der Waals surface area contributed by atoms with E-state index in [4.69, 9.17) is 8.83 Å². The molecular formula is C50H30N4O2. The maximum atomic E-state index is 10.8. The lowest BCUT2D eigenvalue weighted by molar-refractivity contribution is 0.562. The van der Waals surface area contributed by atoms with Gasteiger partial charge in [-0.15, -0.1) is 0 Å². The molecule has 56 heavy (non-hydrogen) atoms. The zero-order valence-electron chi connectivity index (χ0n) is 30.0. The molecule has 2 aliphatic carbocycles. The molecule has 0 bridgehead atoms. The summed E-state index contributed by atoms with van der Waals surface area (Å²) in [5.41, 5.74) is 11.6. The van der Waals surface area contributed by atoms with Crippen molar-refractivity contribution in [3.8, 4) is 17.8 Å². The van der Waals surface area contributed by atoms with E-state index in [1.165, 1.54) is 5.56 Å². The van der Waals surface area contributed by atoms with E-state index >= 15 is 0 Å². The Hall–Kier alpha value is -7.54. The molecule has 6 aromatic carbocycles. The molecule has 1 aliphatic heterocycles. The number of hydrogen-bond donors (Lipinski definition) is 0. The third kappa shape index (κ3) is 4.13. The summed E-state index contributed by atoms with van der Waals surface area (Å²) in [6.07, 6.45) is 9.46. The number of fused-ring (bicyclic) bond motifs is 13. The van der Waals surface area contributed by atoms with E-state index in [0.717, 1.165) is 94.3 Å². The summed E-state index contributed by atoms with van der Waals surface area (Å²) < 4.78 is 15.1. The van der Waals surface area contributed by atoms with Crippen LogP contribution in [0.1, 0.15) is 29.0 Å². The van der Waals surface area contributed by atoms with E-state index in [1.54, 1.807) is 0 Å². The molecule has 6 nitrogen and oxygen atoms in total. The molecule has 3 aromatic heterocycles. The van der Waals surface area contributed by atoms with Crippen molar-refractivity contribution in [1.82, 2.24) is 4.57 Å². The molecule has 3 atom stereocenters. The van der Waals surface area contributed by atoms with Crippen molar-refractivity contribution in [3.63, 3.8) is 0 Å². The van der Waals surface area contributed by atoms with Gasteiger partial charge in [0.05, 0.1) is 51.4 Å². The maximum absolute atomic E-state index is 10.8. The third-order valence-corrected chi connectivity index (χ3v) is 12.2. The molecule has 0 fully saturated rings. The van der Waals surface area contributed by atoms with Crippen LogP contribution in [0.15, 0.2) is 154 Å². The normalized spacial score (nSPS) is 18.5. The fourth-order valence-corrected chi connectivity index (χ4v) is 9.86. The number of nitrogens with zero attached hydrogens (tertiary/aromatic N) is 4. The largest absolute Gasteiger partial charge is 0.456 e. The molecule has 4 heterocycles. The first-order chi connectivity index (χ1) is 27.7. The molecule has 3 unspecified atom stereocenters. The number of furan rings is 2. The van der Waals surface area contributed by atoms with Gasteiger partial charge in [-0.05, 0) is 89.9 Å². The SMILES string of the molecule is N#CC1=C(c2ccc(C#N)c(-n3c4ccccc4c4c5oc6ccccc6c5ccc43)c2)C(N2c3ccccc3C3C=c4oc5ccccc5c4=CC32)CC=C1. The smallest absolute Gasteiger partial charge is 0.145 e. The molecule has 0 saturated heterocycles. The Morgan fingerprint density at radius 1 is 0.643 bits per heavy atom. The minimum absolute atomic E-state index is 0.00811. The molecule has 12 rings (SSSR count). The highest BCUT2D eigenvalue weighted by Crippen LogP contribution is 2.49. The van der Waals surface area contributed by atoms with E-state index in [-0.39, 0.29) is 18.0 Å². The fourth-order valence-electron chi connectivity index (χ4n) is 9.86. The Morgan fingerprint density at radius 2 is 1.41 bits per heavy atom. The summed E-state index contributed by atoms with van der Waals surface area (Å²) in [5.74, 6) is 0.0844. The monoisotopic (exact) mass is 718 g/mol. The summed E-state index contributed by atoms with van der Waals surface area (Å²) in [7, 11) is 0. The zero-order valence-corrected chi connectivity index (χ0v) is 30.0. The first-order valence-electron chi connectivity index (χ1n) is 19.0. The van der Waals surface area contributed by atoms with Crippen molar-refractivity contribution in [2.75, 3.05) is 4.90 Å². The average Bonchev–Trinajstić information content (AvgIpc) is 3.99. The van der Waals surface area contributed by atoms with Gasteiger partial charge in [0.2, 0.25) is 0 Å². The van der Waals surface area contributed by atoms with Gasteiger partial charge in [0.15, 0.2) is 0 Å². The van der Waals surface area contributed by atoms with Crippen molar-refractivity contribution in [1.29, 1.82) is 10.5 Å². The quantitative estimate of drug-likeness (QED) is 0.182. The van der Waals surface area contributed by atoms with Crippen molar-refractivity contribution in [2.45, 2.75) is 24.4 Å². The van der Waals surface area contributed by atoms with E-state index in [2.05, 4.69) is 113 Å². The number of benzene rings is 6. The van der Waals surface area contributed by atoms with E-state index in [9.17, 15) is 10.5 Å². The van der Waals surface area contributed by atoms with Gasteiger partial charge in [0.1, 0.15) is 28.2 Å². The van der Waals surface area contributed by atoms with Crippen LogP contribution in [0.5, 0.6) is 0 Å². The molecular weight excluding hydrogens is 689 g/mol. The number of allylic oxidation sites excluding steroid dienone is 2. The summed E-state index contributed by atoms with van der Waals surface area (Å²) in [6.45, 7) is 0. The van der Waals surface area contributed by atoms with Gasteiger partial charge in [0, 0.05) is 38.4 Å². The molecule has 0 spiro atoms. The fraction of sp³-hybridized carbons (Fsp3) is 0.0800. The van der Waals surface area contributed by atoms with E-state index < -0.39 is 0 Å². The first kappa shape index (κ1) is 30.9.